The molecule has 1 heterocycles. The van der Waals surface area contributed by atoms with Crippen LogP contribution in [0.2, 0.25) is 5.15 Å². The third-order valence-electron chi connectivity index (χ3n) is 3.45. The average Bonchev–Trinajstić information content (AvgIpc) is 2.82. The fourth-order valence-corrected chi connectivity index (χ4v) is 2.20. The van der Waals surface area contributed by atoms with Crippen molar-refractivity contribution in [3.8, 4) is 5.75 Å². The van der Waals surface area contributed by atoms with Crippen LogP contribution in [0.5, 0.6) is 5.75 Å². The number of imidazole rings is 1. The normalized spacial score (nSPS) is 12.4. The largest absolute Gasteiger partial charge is 0.486 e. The van der Waals surface area contributed by atoms with Crippen LogP contribution in [0.4, 0.5) is 0 Å². The van der Waals surface area contributed by atoms with E-state index in [0.717, 1.165) is 24.5 Å². The predicted molar refractivity (Wildman–Crippen MR) is 85.7 cm³/mol. The Labute approximate surface area is 131 Å². The first-order chi connectivity index (χ1) is 10.1. The van der Waals surface area contributed by atoms with Gasteiger partial charge in [-0.15, -0.1) is 0 Å². The summed E-state index contributed by atoms with van der Waals surface area (Å²) in [7, 11) is 1.88. The van der Waals surface area contributed by atoms with Crippen molar-refractivity contribution in [3.05, 3.63) is 47.0 Å². The molecule has 0 amide bonds. The standard InChI is InChI=1S/C16H22ClN3O/c1-4-8-18-12(2)13-6-5-7-14(9-13)21-11-16-19-10-15(17)20(16)3/h5-7,9-10,12,18H,4,8,11H2,1-3H3. The zero-order valence-corrected chi connectivity index (χ0v) is 13.5. The fraction of sp³-hybridized carbons (Fsp3) is 0.438. The van der Waals surface area contributed by atoms with Crippen LogP contribution in [-0.2, 0) is 13.7 Å². The number of rotatable bonds is 7. The maximum Gasteiger partial charge on any atom is 0.147 e. The molecule has 1 aromatic carbocycles. The Hall–Kier alpha value is -1.52. The average molecular weight is 308 g/mol. The summed E-state index contributed by atoms with van der Waals surface area (Å²) in [4.78, 5) is 4.22. The molecule has 21 heavy (non-hydrogen) atoms. The molecule has 2 aromatic rings. The fourth-order valence-electron chi connectivity index (χ4n) is 2.06. The van der Waals surface area contributed by atoms with Gasteiger partial charge in [0.15, 0.2) is 0 Å². The predicted octanol–water partition coefficient (Wildman–Crippen LogP) is 3.71. The van der Waals surface area contributed by atoms with Gasteiger partial charge in [-0.1, -0.05) is 30.7 Å². The molecule has 2 rings (SSSR count). The lowest BCUT2D eigenvalue weighted by Crippen LogP contribution is -2.19. The van der Waals surface area contributed by atoms with Gasteiger partial charge in [-0.2, -0.15) is 0 Å². The van der Waals surface area contributed by atoms with Gasteiger partial charge in [0.25, 0.3) is 0 Å². The van der Waals surface area contributed by atoms with Crippen LogP contribution in [-0.4, -0.2) is 16.1 Å². The molecular formula is C16H22ClN3O. The molecule has 4 nitrogen and oxygen atoms in total. The van der Waals surface area contributed by atoms with Crippen LogP contribution >= 0.6 is 11.6 Å². The molecule has 0 aliphatic rings. The molecule has 1 unspecified atom stereocenters. The molecule has 5 heteroatoms. The number of hydrogen-bond donors (Lipinski definition) is 1. The monoisotopic (exact) mass is 307 g/mol. The first-order valence-electron chi connectivity index (χ1n) is 7.24. The smallest absolute Gasteiger partial charge is 0.147 e. The Kier molecular flexibility index (Phi) is 5.65. The highest BCUT2D eigenvalue weighted by molar-refractivity contribution is 6.29. The van der Waals surface area contributed by atoms with Crippen molar-refractivity contribution < 1.29 is 4.74 Å². The number of halogens is 1. The molecule has 1 atom stereocenters. The lowest BCUT2D eigenvalue weighted by atomic mass is 10.1. The molecule has 0 spiro atoms. The molecule has 114 valence electrons. The quantitative estimate of drug-likeness (QED) is 0.847. The van der Waals surface area contributed by atoms with Gasteiger partial charge in [-0.05, 0) is 37.6 Å². The molecule has 1 aromatic heterocycles. The van der Waals surface area contributed by atoms with Gasteiger partial charge in [0, 0.05) is 13.1 Å². The minimum Gasteiger partial charge on any atom is -0.486 e. The Morgan fingerprint density at radius 1 is 1.43 bits per heavy atom. The molecule has 0 fully saturated rings. The Morgan fingerprint density at radius 2 is 2.24 bits per heavy atom. The van der Waals surface area contributed by atoms with Gasteiger partial charge in [0.1, 0.15) is 23.3 Å². The van der Waals surface area contributed by atoms with Crippen molar-refractivity contribution in [3.63, 3.8) is 0 Å². The molecular weight excluding hydrogens is 286 g/mol. The van der Waals surface area contributed by atoms with E-state index in [1.165, 1.54) is 5.56 Å². The Balaban J connectivity index is 1.99. The van der Waals surface area contributed by atoms with Gasteiger partial charge < -0.3 is 14.6 Å². The summed E-state index contributed by atoms with van der Waals surface area (Å²) in [6.45, 7) is 5.74. The second-order valence-electron chi connectivity index (χ2n) is 5.09. The maximum absolute atomic E-state index is 5.96. The van der Waals surface area contributed by atoms with E-state index in [4.69, 9.17) is 16.3 Å². The second-order valence-corrected chi connectivity index (χ2v) is 5.48. The number of ether oxygens (including phenoxy) is 1. The lowest BCUT2D eigenvalue weighted by Gasteiger charge is -2.15. The SMILES string of the molecule is CCCNC(C)c1cccc(OCc2ncc(Cl)n2C)c1. The van der Waals surface area contributed by atoms with Gasteiger partial charge in [0.05, 0.1) is 6.20 Å². The van der Waals surface area contributed by atoms with E-state index in [9.17, 15) is 0 Å². The molecule has 0 bridgehead atoms. The minimum absolute atomic E-state index is 0.316. The maximum atomic E-state index is 5.96. The van der Waals surface area contributed by atoms with E-state index >= 15 is 0 Å². The van der Waals surface area contributed by atoms with Crippen LogP contribution in [0.25, 0.3) is 0 Å². The molecule has 1 N–H and O–H groups in total. The summed E-state index contributed by atoms with van der Waals surface area (Å²) in [6, 6.07) is 8.47. The van der Waals surface area contributed by atoms with Crippen molar-refractivity contribution in [1.82, 2.24) is 14.9 Å². The third-order valence-corrected chi connectivity index (χ3v) is 3.81. The molecule has 0 aliphatic carbocycles. The van der Waals surface area contributed by atoms with Crippen LogP contribution in [0.1, 0.15) is 37.7 Å². The summed E-state index contributed by atoms with van der Waals surface area (Å²) >= 11 is 5.96. The van der Waals surface area contributed by atoms with Crippen molar-refractivity contribution in [2.45, 2.75) is 32.9 Å². The zero-order chi connectivity index (χ0) is 15.2. The lowest BCUT2D eigenvalue weighted by molar-refractivity contribution is 0.291. The number of nitrogens with one attached hydrogen (secondary N) is 1. The zero-order valence-electron chi connectivity index (χ0n) is 12.8. The van der Waals surface area contributed by atoms with E-state index < -0.39 is 0 Å². The van der Waals surface area contributed by atoms with Gasteiger partial charge >= 0.3 is 0 Å². The second kappa shape index (κ2) is 7.48. The Bertz CT molecular complexity index is 583. The van der Waals surface area contributed by atoms with Crippen molar-refractivity contribution >= 4 is 11.6 Å². The summed E-state index contributed by atoms with van der Waals surface area (Å²) < 4.78 is 7.63. The van der Waals surface area contributed by atoms with Gasteiger partial charge in [-0.3, -0.25) is 0 Å². The number of hydrogen-bond acceptors (Lipinski definition) is 3. The van der Waals surface area contributed by atoms with Crippen molar-refractivity contribution in [1.29, 1.82) is 0 Å². The summed E-state index contributed by atoms with van der Waals surface area (Å²) in [5.41, 5.74) is 1.22. The highest BCUT2D eigenvalue weighted by atomic mass is 35.5. The third kappa shape index (κ3) is 4.22. The summed E-state index contributed by atoms with van der Waals surface area (Å²) in [5.74, 6) is 1.65. The Morgan fingerprint density at radius 3 is 2.90 bits per heavy atom. The number of nitrogens with zero attached hydrogens (tertiary/aromatic N) is 2. The van der Waals surface area contributed by atoms with Gasteiger partial charge in [0.2, 0.25) is 0 Å². The molecule has 0 radical (unpaired) electrons. The van der Waals surface area contributed by atoms with E-state index in [-0.39, 0.29) is 0 Å². The van der Waals surface area contributed by atoms with Crippen LogP contribution in [0.15, 0.2) is 30.5 Å². The molecule has 0 saturated heterocycles. The highest BCUT2D eigenvalue weighted by Crippen LogP contribution is 2.20. The van der Waals surface area contributed by atoms with E-state index in [0.29, 0.717) is 17.8 Å². The van der Waals surface area contributed by atoms with Crippen molar-refractivity contribution in [2.75, 3.05) is 6.54 Å². The summed E-state index contributed by atoms with van der Waals surface area (Å²) in [6.07, 6.45) is 2.76. The van der Waals surface area contributed by atoms with Gasteiger partial charge in [-0.25, -0.2) is 4.98 Å². The highest BCUT2D eigenvalue weighted by Gasteiger charge is 2.07. The number of aromatic nitrogens is 2. The van der Waals surface area contributed by atoms with Crippen LogP contribution in [0.3, 0.4) is 0 Å². The first kappa shape index (κ1) is 15.9. The van der Waals surface area contributed by atoms with E-state index in [2.05, 4.69) is 36.3 Å². The van der Waals surface area contributed by atoms with Crippen LogP contribution in [0, 0.1) is 0 Å². The minimum atomic E-state index is 0.316. The summed E-state index contributed by atoms with van der Waals surface area (Å²) in [5, 5.41) is 4.08. The molecule has 0 aliphatic heterocycles. The van der Waals surface area contributed by atoms with E-state index in [1.807, 2.05) is 23.7 Å². The molecule has 0 saturated carbocycles. The topological polar surface area (TPSA) is 39.1 Å². The first-order valence-corrected chi connectivity index (χ1v) is 7.61. The number of benzene rings is 1. The van der Waals surface area contributed by atoms with E-state index in [1.54, 1.807) is 6.20 Å². The van der Waals surface area contributed by atoms with Crippen LogP contribution < -0.4 is 10.1 Å². The van der Waals surface area contributed by atoms with Crippen molar-refractivity contribution in [2.24, 2.45) is 7.05 Å².